The van der Waals surface area contributed by atoms with Gasteiger partial charge in [-0.1, -0.05) is 6.07 Å². The standard InChI is InChI=1S/C11H12FN3O3S/c12-10-5-1-3-8(13-10)7-15-11(16)9-4-2-6-14(9)19(15,17)18/h1,3,5,9H,2,4,6-7H2/t9-/m0/s1. The molecule has 2 aliphatic heterocycles. The van der Waals surface area contributed by atoms with Crippen molar-refractivity contribution in [2.75, 3.05) is 6.54 Å². The Hall–Kier alpha value is -1.54. The van der Waals surface area contributed by atoms with E-state index in [2.05, 4.69) is 4.98 Å². The van der Waals surface area contributed by atoms with E-state index in [0.29, 0.717) is 19.4 Å². The molecule has 1 aromatic heterocycles. The Morgan fingerprint density at radius 2 is 2.21 bits per heavy atom. The zero-order valence-corrected chi connectivity index (χ0v) is 10.8. The minimum Gasteiger partial charge on any atom is -0.272 e. The van der Waals surface area contributed by atoms with Crippen molar-refractivity contribution in [3.05, 3.63) is 29.8 Å². The van der Waals surface area contributed by atoms with Gasteiger partial charge in [0.2, 0.25) is 5.95 Å². The van der Waals surface area contributed by atoms with Crippen LogP contribution in [-0.2, 0) is 21.5 Å². The zero-order chi connectivity index (χ0) is 13.6. The maximum atomic E-state index is 13.0. The summed E-state index contributed by atoms with van der Waals surface area (Å²) in [6.07, 6.45) is 1.24. The Bertz CT molecular complexity index is 634. The SMILES string of the molecule is O=C1[C@@H]2CCCN2S(=O)(=O)N1Cc1cccc(F)n1. The summed E-state index contributed by atoms with van der Waals surface area (Å²) in [5.41, 5.74) is 0.220. The van der Waals surface area contributed by atoms with Gasteiger partial charge in [-0.2, -0.15) is 17.1 Å². The van der Waals surface area contributed by atoms with Gasteiger partial charge in [0.25, 0.3) is 5.91 Å². The minimum absolute atomic E-state index is 0.216. The van der Waals surface area contributed by atoms with E-state index in [4.69, 9.17) is 0 Å². The van der Waals surface area contributed by atoms with E-state index >= 15 is 0 Å². The molecule has 1 atom stereocenters. The molecule has 2 aliphatic rings. The molecule has 2 fully saturated rings. The predicted molar refractivity (Wildman–Crippen MR) is 63.4 cm³/mol. The quantitative estimate of drug-likeness (QED) is 0.731. The van der Waals surface area contributed by atoms with Gasteiger partial charge in [0, 0.05) is 6.54 Å². The molecule has 2 saturated heterocycles. The molecule has 0 radical (unpaired) electrons. The maximum absolute atomic E-state index is 13.0. The molecule has 6 nitrogen and oxygen atoms in total. The highest BCUT2D eigenvalue weighted by Crippen LogP contribution is 2.32. The van der Waals surface area contributed by atoms with E-state index in [-0.39, 0.29) is 12.2 Å². The smallest absolute Gasteiger partial charge is 0.272 e. The zero-order valence-electron chi connectivity index (χ0n) is 9.99. The third-order valence-electron chi connectivity index (χ3n) is 3.39. The Morgan fingerprint density at radius 3 is 2.89 bits per heavy atom. The molecule has 8 heteroatoms. The fourth-order valence-electron chi connectivity index (χ4n) is 2.51. The van der Waals surface area contributed by atoms with Crippen molar-refractivity contribution in [2.24, 2.45) is 0 Å². The van der Waals surface area contributed by atoms with Crippen LogP contribution in [0.25, 0.3) is 0 Å². The number of carbonyl (C=O) groups excluding carboxylic acids is 1. The first-order valence-electron chi connectivity index (χ1n) is 5.95. The Balaban J connectivity index is 1.91. The first kappa shape index (κ1) is 12.5. The molecule has 3 heterocycles. The van der Waals surface area contributed by atoms with Gasteiger partial charge in [-0.25, -0.2) is 9.29 Å². The second-order valence-electron chi connectivity index (χ2n) is 4.57. The molecule has 0 spiro atoms. The number of amides is 1. The van der Waals surface area contributed by atoms with E-state index in [9.17, 15) is 17.6 Å². The normalized spacial score (nSPS) is 25.8. The average molecular weight is 285 g/mol. The van der Waals surface area contributed by atoms with E-state index in [1.54, 1.807) is 0 Å². The van der Waals surface area contributed by atoms with Crippen molar-refractivity contribution in [3.63, 3.8) is 0 Å². The molecule has 0 N–H and O–H groups in total. The number of rotatable bonds is 2. The number of aromatic nitrogens is 1. The van der Waals surface area contributed by atoms with Crippen molar-refractivity contribution in [1.29, 1.82) is 0 Å². The topological polar surface area (TPSA) is 70.6 Å². The second kappa shape index (κ2) is 4.24. The van der Waals surface area contributed by atoms with Crippen LogP contribution in [0.3, 0.4) is 0 Å². The van der Waals surface area contributed by atoms with Crippen molar-refractivity contribution in [1.82, 2.24) is 13.6 Å². The number of pyridine rings is 1. The average Bonchev–Trinajstić information content (AvgIpc) is 2.90. The van der Waals surface area contributed by atoms with Gasteiger partial charge < -0.3 is 0 Å². The molecule has 1 aromatic rings. The Kier molecular flexibility index (Phi) is 2.79. The molecule has 102 valence electrons. The van der Waals surface area contributed by atoms with Crippen LogP contribution in [0.15, 0.2) is 18.2 Å². The van der Waals surface area contributed by atoms with Crippen LogP contribution in [0.2, 0.25) is 0 Å². The predicted octanol–water partition coefficient (Wildman–Crippen LogP) is 0.272. The second-order valence-corrected chi connectivity index (χ2v) is 6.38. The van der Waals surface area contributed by atoms with Gasteiger partial charge in [-0.15, -0.1) is 0 Å². The molecule has 0 aromatic carbocycles. The van der Waals surface area contributed by atoms with E-state index < -0.39 is 28.1 Å². The molecule has 0 unspecified atom stereocenters. The molecular formula is C11H12FN3O3S. The van der Waals surface area contributed by atoms with Crippen LogP contribution < -0.4 is 0 Å². The first-order valence-corrected chi connectivity index (χ1v) is 7.34. The summed E-state index contributed by atoms with van der Waals surface area (Å²) in [6, 6.07) is 3.52. The molecule has 0 bridgehead atoms. The summed E-state index contributed by atoms with van der Waals surface area (Å²) in [5, 5.41) is 0. The molecule has 0 saturated carbocycles. The summed E-state index contributed by atoms with van der Waals surface area (Å²) in [4.78, 5) is 15.7. The number of hydrogen-bond acceptors (Lipinski definition) is 4. The van der Waals surface area contributed by atoms with E-state index in [1.165, 1.54) is 22.5 Å². The lowest BCUT2D eigenvalue weighted by Crippen LogP contribution is -2.34. The minimum atomic E-state index is -3.77. The van der Waals surface area contributed by atoms with Gasteiger partial charge in [0.1, 0.15) is 6.04 Å². The third-order valence-corrected chi connectivity index (χ3v) is 5.28. The summed E-state index contributed by atoms with van der Waals surface area (Å²) in [5.74, 6) is -1.13. The van der Waals surface area contributed by atoms with E-state index in [1.807, 2.05) is 0 Å². The number of hydrogen-bond donors (Lipinski definition) is 0. The van der Waals surface area contributed by atoms with Crippen LogP contribution in [0.5, 0.6) is 0 Å². The number of carbonyl (C=O) groups is 1. The van der Waals surface area contributed by atoms with Crippen molar-refractivity contribution < 1.29 is 17.6 Å². The van der Waals surface area contributed by atoms with Gasteiger partial charge in [-0.3, -0.25) is 4.79 Å². The lowest BCUT2D eigenvalue weighted by Gasteiger charge is -2.16. The van der Waals surface area contributed by atoms with Gasteiger partial charge in [0.05, 0.1) is 12.2 Å². The molecular weight excluding hydrogens is 273 g/mol. The molecule has 0 aliphatic carbocycles. The summed E-state index contributed by atoms with van der Waals surface area (Å²) in [7, 11) is -3.77. The largest absolute Gasteiger partial charge is 0.307 e. The molecule has 19 heavy (non-hydrogen) atoms. The summed E-state index contributed by atoms with van der Waals surface area (Å²) in [6.45, 7) is 0.151. The molecule has 3 rings (SSSR count). The maximum Gasteiger partial charge on any atom is 0.307 e. The highest BCUT2D eigenvalue weighted by Gasteiger charge is 2.52. The first-order chi connectivity index (χ1) is 9.00. The van der Waals surface area contributed by atoms with Gasteiger partial charge >= 0.3 is 10.2 Å². The fraction of sp³-hybridized carbons (Fsp3) is 0.455. The third kappa shape index (κ3) is 1.91. The fourth-order valence-corrected chi connectivity index (χ4v) is 4.29. The summed E-state index contributed by atoms with van der Waals surface area (Å²) < 4.78 is 39.4. The monoisotopic (exact) mass is 285 g/mol. The van der Waals surface area contributed by atoms with Crippen LogP contribution >= 0.6 is 0 Å². The highest BCUT2D eigenvalue weighted by molar-refractivity contribution is 7.87. The van der Waals surface area contributed by atoms with Crippen LogP contribution in [0, 0.1) is 5.95 Å². The molecule has 1 amide bonds. The number of fused-ring (bicyclic) bond motifs is 1. The number of nitrogens with zero attached hydrogens (tertiary/aromatic N) is 3. The van der Waals surface area contributed by atoms with Gasteiger partial charge in [0.15, 0.2) is 0 Å². The van der Waals surface area contributed by atoms with Gasteiger partial charge in [-0.05, 0) is 25.0 Å². The number of halogens is 1. The van der Waals surface area contributed by atoms with Crippen molar-refractivity contribution in [3.8, 4) is 0 Å². The van der Waals surface area contributed by atoms with Crippen LogP contribution in [-0.4, -0.2) is 40.5 Å². The van der Waals surface area contributed by atoms with Crippen molar-refractivity contribution in [2.45, 2.75) is 25.4 Å². The van der Waals surface area contributed by atoms with Crippen molar-refractivity contribution >= 4 is 16.1 Å². The van der Waals surface area contributed by atoms with Crippen LogP contribution in [0.1, 0.15) is 18.5 Å². The Morgan fingerprint density at radius 1 is 1.42 bits per heavy atom. The van der Waals surface area contributed by atoms with Crippen LogP contribution in [0.4, 0.5) is 4.39 Å². The lowest BCUT2D eigenvalue weighted by atomic mass is 10.2. The van der Waals surface area contributed by atoms with E-state index in [0.717, 1.165) is 4.31 Å². The highest BCUT2D eigenvalue weighted by atomic mass is 32.2. The summed E-state index contributed by atoms with van der Waals surface area (Å²) >= 11 is 0. The Labute approximate surface area is 110 Å². The lowest BCUT2D eigenvalue weighted by molar-refractivity contribution is -0.127.